The van der Waals surface area contributed by atoms with Gasteiger partial charge in [-0.1, -0.05) is 214 Å². The van der Waals surface area contributed by atoms with Gasteiger partial charge in [0, 0.05) is 19.3 Å². The number of esters is 3. The maximum atomic E-state index is 12.7. The molecule has 6 heteroatoms. The van der Waals surface area contributed by atoms with Crippen molar-refractivity contribution >= 4 is 17.9 Å². The summed E-state index contributed by atoms with van der Waals surface area (Å²) in [6.45, 7) is 6.33. The van der Waals surface area contributed by atoms with Gasteiger partial charge in [0.1, 0.15) is 13.2 Å². The van der Waals surface area contributed by atoms with Crippen LogP contribution in [0, 0.1) is 0 Å². The van der Waals surface area contributed by atoms with Crippen LogP contribution in [-0.2, 0) is 28.6 Å². The fourth-order valence-electron chi connectivity index (χ4n) is 6.44. The fourth-order valence-corrected chi connectivity index (χ4v) is 6.44. The number of hydrogen-bond acceptors (Lipinski definition) is 6. The van der Waals surface area contributed by atoms with Crippen LogP contribution in [0.1, 0.15) is 213 Å². The topological polar surface area (TPSA) is 78.9 Å². The molecule has 0 rings (SSSR count). The normalized spacial score (nSPS) is 12.9. The van der Waals surface area contributed by atoms with Crippen molar-refractivity contribution in [2.75, 3.05) is 13.2 Å². The van der Waals surface area contributed by atoms with Crippen LogP contribution >= 0.6 is 0 Å². The summed E-state index contributed by atoms with van der Waals surface area (Å²) in [4.78, 5) is 37.8. The highest BCUT2D eigenvalue weighted by Gasteiger charge is 2.19. The predicted molar refractivity (Wildman–Crippen MR) is 260 cm³/mol. The van der Waals surface area contributed by atoms with E-state index >= 15 is 0 Å². The molecule has 0 saturated carbocycles. The van der Waals surface area contributed by atoms with Gasteiger partial charge in [0.25, 0.3) is 0 Å². The summed E-state index contributed by atoms with van der Waals surface area (Å²) in [6.07, 6.45) is 64.1. The van der Waals surface area contributed by atoms with Crippen LogP contribution in [0.25, 0.3) is 0 Å². The van der Waals surface area contributed by atoms with Crippen LogP contribution in [0.3, 0.4) is 0 Å². The molecule has 0 aromatic carbocycles. The predicted octanol–water partition coefficient (Wildman–Crippen LogP) is 16.2. The second-order valence-corrected chi connectivity index (χ2v) is 16.1. The monoisotopic (exact) mass is 847 g/mol. The fraction of sp³-hybridized carbons (Fsp3) is 0.655. The van der Waals surface area contributed by atoms with E-state index in [2.05, 4.69) is 63.3 Å². The highest BCUT2D eigenvalue weighted by atomic mass is 16.6. The summed E-state index contributed by atoms with van der Waals surface area (Å²) >= 11 is 0. The van der Waals surface area contributed by atoms with E-state index in [4.69, 9.17) is 14.2 Å². The second kappa shape index (κ2) is 49.0. The molecule has 0 fully saturated rings. The van der Waals surface area contributed by atoms with Gasteiger partial charge in [0.05, 0.1) is 0 Å². The van der Waals surface area contributed by atoms with Crippen molar-refractivity contribution in [2.45, 2.75) is 219 Å². The molecule has 1 unspecified atom stereocenters. The minimum atomic E-state index is -0.826. The molecule has 346 valence electrons. The zero-order chi connectivity index (χ0) is 44.4. The summed E-state index contributed by atoms with van der Waals surface area (Å²) < 4.78 is 16.6. The molecule has 0 N–H and O–H groups in total. The Bertz CT molecular complexity index is 1250. The van der Waals surface area contributed by atoms with Gasteiger partial charge in [-0.3, -0.25) is 14.4 Å². The minimum Gasteiger partial charge on any atom is -0.462 e. The second-order valence-electron chi connectivity index (χ2n) is 16.1. The summed E-state index contributed by atoms with van der Waals surface area (Å²) in [5.41, 5.74) is 0. The zero-order valence-electron chi connectivity index (χ0n) is 39.4. The zero-order valence-corrected chi connectivity index (χ0v) is 39.4. The molecular weight excluding hydrogens is 757 g/mol. The van der Waals surface area contributed by atoms with E-state index in [9.17, 15) is 14.4 Å². The minimum absolute atomic E-state index is 0.118. The number of carbonyl (C=O) groups is 3. The van der Waals surface area contributed by atoms with Gasteiger partial charge in [-0.15, -0.1) is 0 Å². The van der Waals surface area contributed by atoms with Gasteiger partial charge in [0.2, 0.25) is 0 Å². The number of allylic oxidation sites excluding steroid dienone is 16. The summed E-state index contributed by atoms with van der Waals surface area (Å²) in [5.74, 6) is -1.03. The van der Waals surface area contributed by atoms with Gasteiger partial charge in [0.15, 0.2) is 6.10 Å². The highest BCUT2D eigenvalue weighted by molar-refractivity contribution is 5.71. The first-order valence-corrected chi connectivity index (χ1v) is 24.8. The van der Waals surface area contributed by atoms with E-state index in [1.165, 1.54) is 103 Å². The van der Waals surface area contributed by atoms with Crippen LogP contribution in [0.15, 0.2) is 97.2 Å². The van der Waals surface area contributed by atoms with Crippen molar-refractivity contribution in [3.8, 4) is 0 Å². The molecule has 0 heterocycles. The molecule has 0 aromatic rings. The van der Waals surface area contributed by atoms with Gasteiger partial charge in [-0.25, -0.2) is 0 Å². The Morgan fingerprint density at radius 1 is 0.344 bits per heavy atom. The average Bonchev–Trinajstić information content (AvgIpc) is 3.26. The van der Waals surface area contributed by atoms with E-state index in [0.717, 1.165) is 64.2 Å². The first-order valence-electron chi connectivity index (χ1n) is 24.8. The van der Waals surface area contributed by atoms with Gasteiger partial charge in [-0.2, -0.15) is 0 Å². The lowest BCUT2D eigenvalue weighted by molar-refractivity contribution is -0.167. The smallest absolute Gasteiger partial charge is 0.306 e. The van der Waals surface area contributed by atoms with Gasteiger partial charge in [-0.05, 0) is 77.0 Å². The molecule has 1 atom stereocenters. The molecule has 0 saturated heterocycles. The maximum Gasteiger partial charge on any atom is 0.306 e. The molecular formula is C55H90O6. The number of ether oxygens (including phenoxy) is 3. The van der Waals surface area contributed by atoms with Crippen molar-refractivity contribution in [1.29, 1.82) is 0 Å². The third-order valence-electron chi connectivity index (χ3n) is 10.2. The summed E-state index contributed by atoms with van der Waals surface area (Å²) in [5, 5.41) is 0. The van der Waals surface area contributed by atoms with Crippen LogP contribution in [0.2, 0.25) is 0 Å². The van der Waals surface area contributed by atoms with Gasteiger partial charge < -0.3 is 14.2 Å². The average molecular weight is 847 g/mol. The highest BCUT2D eigenvalue weighted by Crippen LogP contribution is 2.13. The Morgan fingerprint density at radius 3 is 1.18 bits per heavy atom. The maximum absolute atomic E-state index is 12.7. The van der Waals surface area contributed by atoms with Crippen LogP contribution in [0.5, 0.6) is 0 Å². The van der Waals surface area contributed by atoms with Crippen molar-refractivity contribution in [3.05, 3.63) is 97.2 Å². The number of hydrogen-bond donors (Lipinski definition) is 0. The summed E-state index contributed by atoms with van der Waals surface area (Å²) in [6, 6.07) is 0. The molecule has 0 aliphatic rings. The lowest BCUT2D eigenvalue weighted by Gasteiger charge is -2.18. The first-order chi connectivity index (χ1) is 30.0. The molecule has 6 nitrogen and oxygen atoms in total. The Kier molecular flexibility index (Phi) is 46.0. The lowest BCUT2D eigenvalue weighted by atomic mass is 10.1. The van der Waals surface area contributed by atoms with Crippen molar-refractivity contribution in [2.24, 2.45) is 0 Å². The van der Waals surface area contributed by atoms with E-state index in [-0.39, 0.29) is 31.6 Å². The Hall–Kier alpha value is -3.67. The number of rotatable bonds is 43. The Balaban J connectivity index is 4.46. The Morgan fingerprint density at radius 2 is 0.689 bits per heavy atom. The summed E-state index contributed by atoms with van der Waals surface area (Å²) in [7, 11) is 0. The van der Waals surface area contributed by atoms with E-state index < -0.39 is 12.1 Å². The van der Waals surface area contributed by atoms with Crippen LogP contribution in [0.4, 0.5) is 0 Å². The van der Waals surface area contributed by atoms with Crippen molar-refractivity contribution < 1.29 is 28.6 Å². The molecule has 0 amide bonds. The van der Waals surface area contributed by atoms with E-state index in [1.807, 2.05) is 54.7 Å². The molecule has 0 aliphatic heterocycles. The quantitative estimate of drug-likeness (QED) is 0.0200. The molecule has 0 aliphatic carbocycles. The Labute approximate surface area is 375 Å². The van der Waals surface area contributed by atoms with Crippen molar-refractivity contribution in [1.82, 2.24) is 0 Å². The number of carbonyl (C=O) groups excluding carboxylic acids is 3. The first kappa shape index (κ1) is 57.3. The molecule has 0 radical (unpaired) electrons. The van der Waals surface area contributed by atoms with Crippen molar-refractivity contribution in [3.63, 3.8) is 0 Å². The largest absolute Gasteiger partial charge is 0.462 e. The third-order valence-corrected chi connectivity index (χ3v) is 10.2. The van der Waals surface area contributed by atoms with E-state index in [1.54, 1.807) is 0 Å². The van der Waals surface area contributed by atoms with Crippen LogP contribution < -0.4 is 0 Å². The van der Waals surface area contributed by atoms with Crippen LogP contribution in [-0.4, -0.2) is 37.2 Å². The SMILES string of the molecule is CC\C=C/C=C\C=C/C=C\C=C/CCCC(=O)OC(COC(=O)CCCCC/C=C\C=C/CCCC)COC(=O)CCCCCCCCC/C=C\CCCCCCCCCC. The van der Waals surface area contributed by atoms with Gasteiger partial charge >= 0.3 is 17.9 Å². The van der Waals surface area contributed by atoms with E-state index in [0.29, 0.717) is 19.3 Å². The standard InChI is InChI=1S/C55H90O6/c1-4-7-10-13-16-19-22-24-25-26-27-28-29-31-33-36-39-42-45-48-54(57)60-51-52(50-59-53(56)47-44-41-38-35-32-21-18-15-12-9-6-3)61-55(58)49-46-43-40-37-34-30-23-20-17-14-11-8-5-2/h8,11,14-15,17-18,20-21,23,26-27,30,32,34,37,40,52H,4-7,9-10,12-13,16,19,22,24-25,28-29,31,33,35-36,38-39,41-51H2,1-3H3/b11-8-,17-14-,18-15-,23-20-,27-26-,32-21-,34-30-,40-37-. The number of unbranched alkanes of at least 4 members (excludes halogenated alkanes) is 21. The molecule has 0 spiro atoms. The molecule has 0 aromatic heterocycles. The molecule has 0 bridgehead atoms. The molecule has 61 heavy (non-hydrogen) atoms. The lowest BCUT2D eigenvalue weighted by Crippen LogP contribution is -2.30. The third kappa shape index (κ3) is 47.2.